The van der Waals surface area contributed by atoms with E-state index < -0.39 is 5.97 Å². The van der Waals surface area contributed by atoms with Crippen molar-refractivity contribution in [1.82, 2.24) is 0 Å². The molecule has 0 amide bonds. The lowest BCUT2D eigenvalue weighted by Crippen LogP contribution is -1.93. The molecule has 0 aromatic heterocycles. The Labute approximate surface area is 101 Å². The lowest BCUT2D eigenvalue weighted by molar-refractivity contribution is -0.131. The van der Waals surface area contributed by atoms with Gasteiger partial charge in [-0.25, -0.2) is 4.79 Å². The Balaban J connectivity index is 2.82. The Kier molecular flexibility index (Phi) is 4.76. The number of carboxylic acid groups (broad SMARTS) is 1. The van der Waals surface area contributed by atoms with Gasteiger partial charge in [0.15, 0.2) is 0 Å². The molecule has 2 N–H and O–H groups in total. The summed E-state index contributed by atoms with van der Waals surface area (Å²) in [4.78, 5) is 10.4. The number of aromatic hydroxyl groups is 1. The topological polar surface area (TPSA) is 57.5 Å². The molecule has 0 heterocycles. The predicted molar refractivity (Wildman–Crippen MR) is 67.9 cm³/mol. The summed E-state index contributed by atoms with van der Waals surface area (Å²) in [7, 11) is 0. The summed E-state index contributed by atoms with van der Waals surface area (Å²) in [5, 5.41) is 18.2. The van der Waals surface area contributed by atoms with E-state index in [-0.39, 0.29) is 5.75 Å². The first-order valence-electron chi connectivity index (χ1n) is 5.72. The van der Waals surface area contributed by atoms with Crippen molar-refractivity contribution in [3.05, 3.63) is 35.4 Å². The third kappa shape index (κ3) is 4.72. The van der Waals surface area contributed by atoms with Crippen molar-refractivity contribution in [1.29, 1.82) is 0 Å². The van der Waals surface area contributed by atoms with E-state index in [0.29, 0.717) is 5.92 Å². The quantitative estimate of drug-likeness (QED) is 0.770. The predicted octanol–water partition coefficient (Wildman–Crippen LogP) is 3.08. The fourth-order valence-electron chi connectivity index (χ4n) is 1.52. The second-order valence-electron chi connectivity index (χ2n) is 4.49. The molecule has 0 unspecified atom stereocenters. The van der Waals surface area contributed by atoms with Crippen molar-refractivity contribution < 1.29 is 15.0 Å². The van der Waals surface area contributed by atoms with Crippen LogP contribution in [-0.2, 0) is 11.2 Å². The highest BCUT2D eigenvalue weighted by atomic mass is 16.4. The highest BCUT2D eigenvalue weighted by molar-refractivity contribution is 5.85. The average Bonchev–Trinajstić information content (AvgIpc) is 2.26. The minimum absolute atomic E-state index is 0.276. The fourth-order valence-corrected chi connectivity index (χ4v) is 1.52. The third-order valence-electron chi connectivity index (χ3n) is 2.51. The molecule has 0 atom stereocenters. The molecule has 0 aliphatic rings. The number of phenolic OH excluding ortho intramolecular Hbond substituents is 1. The molecule has 92 valence electrons. The Morgan fingerprint density at radius 1 is 1.41 bits per heavy atom. The standard InChI is InChI=1S/C14H18O3/c1-10(2)3-6-12-9-11(4-7-13(12)15)5-8-14(16)17/h4-5,7-10,15H,3,6H2,1-2H3,(H,16,17)/b8-5+. The highest BCUT2D eigenvalue weighted by Crippen LogP contribution is 2.22. The number of benzene rings is 1. The van der Waals surface area contributed by atoms with E-state index in [4.69, 9.17) is 5.11 Å². The summed E-state index contributed by atoms with van der Waals surface area (Å²) in [6, 6.07) is 5.14. The molecule has 0 radical (unpaired) electrons. The van der Waals surface area contributed by atoms with Crippen LogP contribution in [0, 0.1) is 5.92 Å². The van der Waals surface area contributed by atoms with Crippen LogP contribution in [0.3, 0.4) is 0 Å². The normalized spacial score (nSPS) is 11.2. The van der Waals surface area contributed by atoms with E-state index in [1.165, 1.54) is 6.08 Å². The number of hydrogen-bond donors (Lipinski definition) is 2. The van der Waals surface area contributed by atoms with Crippen molar-refractivity contribution in [3.63, 3.8) is 0 Å². The van der Waals surface area contributed by atoms with E-state index in [1.807, 2.05) is 6.07 Å². The maximum absolute atomic E-state index is 10.4. The zero-order valence-electron chi connectivity index (χ0n) is 10.2. The van der Waals surface area contributed by atoms with Crippen molar-refractivity contribution in [2.24, 2.45) is 5.92 Å². The molecule has 1 aromatic carbocycles. The fraction of sp³-hybridized carbons (Fsp3) is 0.357. The number of carbonyl (C=O) groups is 1. The zero-order valence-corrected chi connectivity index (χ0v) is 10.2. The van der Waals surface area contributed by atoms with Crippen molar-refractivity contribution in [2.75, 3.05) is 0 Å². The second kappa shape index (κ2) is 6.09. The maximum Gasteiger partial charge on any atom is 0.328 e. The number of carboxylic acids is 1. The molecule has 0 saturated carbocycles. The first-order chi connectivity index (χ1) is 7.99. The van der Waals surface area contributed by atoms with Gasteiger partial charge in [-0.15, -0.1) is 0 Å². The first-order valence-corrected chi connectivity index (χ1v) is 5.72. The minimum Gasteiger partial charge on any atom is -0.508 e. The van der Waals surface area contributed by atoms with Crippen LogP contribution >= 0.6 is 0 Å². The number of aryl methyl sites for hydroxylation is 1. The second-order valence-corrected chi connectivity index (χ2v) is 4.49. The van der Waals surface area contributed by atoms with Crippen molar-refractivity contribution in [2.45, 2.75) is 26.7 Å². The van der Waals surface area contributed by atoms with Gasteiger partial charge in [-0.05, 0) is 48.1 Å². The average molecular weight is 234 g/mol. The van der Waals surface area contributed by atoms with Gasteiger partial charge in [0, 0.05) is 6.08 Å². The first kappa shape index (κ1) is 13.3. The summed E-state index contributed by atoms with van der Waals surface area (Å²) in [5.41, 5.74) is 1.66. The molecule has 0 fully saturated rings. The summed E-state index contributed by atoms with van der Waals surface area (Å²) >= 11 is 0. The van der Waals surface area contributed by atoms with Gasteiger partial charge in [-0.2, -0.15) is 0 Å². The Morgan fingerprint density at radius 2 is 2.12 bits per heavy atom. The monoisotopic (exact) mass is 234 g/mol. The summed E-state index contributed by atoms with van der Waals surface area (Å²) in [5.74, 6) is -0.118. The molecule has 3 heteroatoms. The molecule has 0 spiro atoms. The van der Waals surface area contributed by atoms with Gasteiger partial charge in [0.2, 0.25) is 0 Å². The Hall–Kier alpha value is -1.77. The van der Waals surface area contributed by atoms with Crippen LogP contribution < -0.4 is 0 Å². The lowest BCUT2D eigenvalue weighted by atomic mass is 10.00. The van der Waals surface area contributed by atoms with Crippen LogP contribution in [-0.4, -0.2) is 16.2 Å². The number of phenols is 1. The van der Waals surface area contributed by atoms with E-state index in [1.54, 1.807) is 12.1 Å². The molecule has 0 aliphatic carbocycles. The summed E-state index contributed by atoms with van der Waals surface area (Å²) < 4.78 is 0. The molecule has 0 aliphatic heterocycles. The molecule has 0 saturated heterocycles. The summed E-state index contributed by atoms with van der Waals surface area (Å²) in [6.07, 6.45) is 4.43. The van der Waals surface area contributed by atoms with Crippen LogP contribution in [0.2, 0.25) is 0 Å². The van der Waals surface area contributed by atoms with Gasteiger partial charge >= 0.3 is 5.97 Å². The highest BCUT2D eigenvalue weighted by Gasteiger charge is 2.03. The van der Waals surface area contributed by atoms with Gasteiger partial charge in [0.1, 0.15) is 5.75 Å². The minimum atomic E-state index is -0.971. The van der Waals surface area contributed by atoms with Gasteiger partial charge in [-0.3, -0.25) is 0 Å². The molecule has 3 nitrogen and oxygen atoms in total. The van der Waals surface area contributed by atoms with Crippen molar-refractivity contribution >= 4 is 12.0 Å². The van der Waals surface area contributed by atoms with Crippen LogP contribution in [0.15, 0.2) is 24.3 Å². The van der Waals surface area contributed by atoms with E-state index in [0.717, 1.165) is 30.0 Å². The van der Waals surface area contributed by atoms with Crippen LogP contribution in [0.4, 0.5) is 0 Å². The largest absolute Gasteiger partial charge is 0.508 e. The third-order valence-corrected chi connectivity index (χ3v) is 2.51. The lowest BCUT2D eigenvalue weighted by Gasteiger charge is -2.07. The Bertz CT molecular complexity index is 419. The van der Waals surface area contributed by atoms with Crippen molar-refractivity contribution in [3.8, 4) is 5.75 Å². The van der Waals surface area contributed by atoms with Crippen LogP contribution in [0.1, 0.15) is 31.4 Å². The number of aliphatic carboxylic acids is 1. The summed E-state index contributed by atoms with van der Waals surface area (Å²) in [6.45, 7) is 4.26. The number of rotatable bonds is 5. The van der Waals surface area contributed by atoms with E-state index in [2.05, 4.69) is 13.8 Å². The SMILES string of the molecule is CC(C)CCc1cc(/C=C/C(=O)O)ccc1O. The maximum atomic E-state index is 10.4. The molecule has 1 aromatic rings. The molecular formula is C14H18O3. The Morgan fingerprint density at radius 3 is 2.71 bits per heavy atom. The molecule has 17 heavy (non-hydrogen) atoms. The van der Waals surface area contributed by atoms with Crippen LogP contribution in [0.25, 0.3) is 6.08 Å². The van der Waals surface area contributed by atoms with Gasteiger partial charge in [-0.1, -0.05) is 19.9 Å². The number of hydrogen-bond acceptors (Lipinski definition) is 2. The van der Waals surface area contributed by atoms with Gasteiger partial charge < -0.3 is 10.2 Å². The molecular weight excluding hydrogens is 216 g/mol. The van der Waals surface area contributed by atoms with Gasteiger partial charge in [0.05, 0.1) is 0 Å². The molecule has 0 bridgehead atoms. The van der Waals surface area contributed by atoms with E-state index in [9.17, 15) is 9.90 Å². The molecule has 1 rings (SSSR count). The smallest absolute Gasteiger partial charge is 0.328 e. The van der Waals surface area contributed by atoms with Gasteiger partial charge in [0.25, 0.3) is 0 Å². The van der Waals surface area contributed by atoms with Crippen LogP contribution in [0.5, 0.6) is 5.75 Å². The zero-order chi connectivity index (χ0) is 12.8. The van der Waals surface area contributed by atoms with E-state index >= 15 is 0 Å².